The first kappa shape index (κ1) is 11.9. The Bertz CT molecular complexity index is 769. The van der Waals surface area contributed by atoms with E-state index in [9.17, 15) is 9.90 Å². The zero-order valence-electron chi connectivity index (χ0n) is 10.5. The van der Waals surface area contributed by atoms with Gasteiger partial charge in [-0.05, 0) is 32.0 Å². The Labute approximate surface area is 113 Å². The van der Waals surface area contributed by atoms with Crippen LogP contribution in [0.4, 0.5) is 0 Å². The van der Waals surface area contributed by atoms with Crippen LogP contribution in [0.5, 0.6) is 0 Å². The van der Waals surface area contributed by atoms with E-state index in [2.05, 4.69) is 5.10 Å². The molecule has 2 heterocycles. The monoisotopic (exact) mass is 271 g/mol. The number of carboxylic acids is 1. The molecular formula is C14H11N2O2S-. The molecule has 1 aromatic carbocycles. The van der Waals surface area contributed by atoms with E-state index in [1.807, 2.05) is 38.1 Å². The molecule has 0 spiro atoms. The van der Waals surface area contributed by atoms with Crippen molar-refractivity contribution >= 4 is 27.5 Å². The highest BCUT2D eigenvalue weighted by molar-refractivity contribution is 7.20. The van der Waals surface area contributed by atoms with Gasteiger partial charge in [0.15, 0.2) is 0 Å². The van der Waals surface area contributed by atoms with E-state index >= 15 is 0 Å². The number of benzene rings is 1. The number of carboxylic acid groups (broad SMARTS) is 1. The Morgan fingerprint density at radius 3 is 2.58 bits per heavy atom. The van der Waals surface area contributed by atoms with Crippen molar-refractivity contribution in [1.29, 1.82) is 0 Å². The number of carbonyl (C=O) groups excluding carboxylic acids is 1. The van der Waals surface area contributed by atoms with Gasteiger partial charge in [-0.3, -0.25) is 0 Å². The van der Waals surface area contributed by atoms with Gasteiger partial charge in [-0.1, -0.05) is 17.7 Å². The lowest BCUT2D eigenvalue weighted by Gasteiger charge is -2.02. The fourth-order valence-electron chi connectivity index (χ4n) is 2.01. The average molecular weight is 271 g/mol. The molecule has 3 rings (SSSR count). The molecule has 0 atom stereocenters. The summed E-state index contributed by atoms with van der Waals surface area (Å²) in [5.74, 6) is -1.14. The van der Waals surface area contributed by atoms with Crippen LogP contribution in [-0.4, -0.2) is 15.7 Å². The minimum atomic E-state index is -1.14. The van der Waals surface area contributed by atoms with Gasteiger partial charge >= 0.3 is 0 Å². The summed E-state index contributed by atoms with van der Waals surface area (Å²) in [6, 6.07) is 9.58. The molecule has 4 nitrogen and oxygen atoms in total. The Morgan fingerprint density at radius 2 is 1.95 bits per heavy atom. The van der Waals surface area contributed by atoms with Gasteiger partial charge in [0.25, 0.3) is 0 Å². The minimum absolute atomic E-state index is 0.233. The van der Waals surface area contributed by atoms with Crippen molar-refractivity contribution in [2.45, 2.75) is 13.8 Å². The van der Waals surface area contributed by atoms with E-state index in [0.717, 1.165) is 21.6 Å². The lowest BCUT2D eigenvalue weighted by Crippen LogP contribution is -2.20. The van der Waals surface area contributed by atoms with Gasteiger partial charge < -0.3 is 9.90 Å². The SMILES string of the molecule is Cc1ccc(-n2nc(C)c3cc(C(=O)[O-])sc32)cc1. The summed E-state index contributed by atoms with van der Waals surface area (Å²) < 4.78 is 1.78. The van der Waals surface area contributed by atoms with E-state index in [1.54, 1.807) is 10.7 Å². The summed E-state index contributed by atoms with van der Waals surface area (Å²) in [5, 5.41) is 16.3. The van der Waals surface area contributed by atoms with Crippen LogP contribution in [0.25, 0.3) is 15.9 Å². The van der Waals surface area contributed by atoms with Crippen molar-refractivity contribution in [3.05, 3.63) is 46.5 Å². The molecule has 0 unspecified atom stereocenters. The fourth-order valence-corrected chi connectivity index (χ4v) is 3.03. The highest BCUT2D eigenvalue weighted by Gasteiger charge is 2.13. The molecule has 19 heavy (non-hydrogen) atoms. The second-order valence-electron chi connectivity index (χ2n) is 4.45. The quantitative estimate of drug-likeness (QED) is 0.717. The van der Waals surface area contributed by atoms with Crippen molar-refractivity contribution in [3.8, 4) is 5.69 Å². The Hall–Kier alpha value is -2.14. The Morgan fingerprint density at radius 1 is 1.26 bits per heavy atom. The summed E-state index contributed by atoms with van der Waals surface area (Å²) >= 11 is 1.19. The molecule has 0 amide bonds. The molecule has 0 saturated heterocycles. The number of fused-ring (bicyclic) bond motifs is 1. The van der Waals surface area contributed by atoms with Crippen molar-refractivity contribution < 1.29 is 9.90 Å². The smallest absolute Gasteiger partial charge is 0.128 e. The maximum atomic E-state index is 10.9. The number of carbonyl (C=O) groups is 1. The second kappa shape index (κ2) is 4.20. The summed E-state index contributed by atoms with van der Waals surface area (Å²) in [6.07, 6.45) is 0. The molecule has 3 aromatic rings. The molecule has 0 aliphatic heterocycles. The van der Waals surface area contributed by atoms with Crippen LogP contribution in [0.1, 0.15) is 20.9 Å². The van der Waals surface area contributed by atoms with Crippen molar-refractivity contribution in [1.82, 2.24) is 9.78 Å². The summed E-state index contributed by atoms with van der Waals surface area (Å²) in [5.41, 5.74) is 2.92. The lowest BCUT2D eigenvalue weighted by molar-refractivity contribution is -0.254. The summed E-state index contributed by atoms with van der Waals surface area (Å²) in [7, 11) is 0. The molecule has 0 fully saturated rings. The average Bonchev–Trinajstić information content (AvgIpc) is 2.92. The van der Waals surface area contributed by atoms with Gasteiger partial charge in [0.2, 0.25) is 0 Å². The molecular weight excluding hydrogens is 260 g/mol. The highest BCUT2D eigenvalue weighted by Crippen LogP contribution is 2.30. The number of rotatable bonds is 2. The number of aromatic carboxylic acids is 1. The number of hydrogen-bond acceptors (Lipinski definition) is 4. The number of thiophene rings is 1. The first-order chi connectivity index (χ1) is 9.06. The summed E-state index contributed by atoms with van der Waals surface area (Å²) in [4.78, 5) is 12.0. The van der Waals surface area contributed by atoms with Gasteiger partial charge in [-0.25, -0.2) is 4.68 Å². The molecule has 5 heteroatoms. The van der Waals surface area contributed by atoms with Crippen molar-refractivity contribution in [2.24, 2.45) is 0 Å². The van der Waals surface area contributed by atoms with E-state index in [0.29, 0.717) is 0 Å². The van der Waals surface area contributed by atoms with Crippen LogP contribution in [0.2, 0.25) is 0 Å². The van der Waals surface area contributed by atoms with Crippen LogP contribution in [0.15, 0.2) is 30.3 Å². The lowest BCUT2D eigenvalue weighted by atomic mass is 10.2. The third-order valence-corrected chi connectivity index (χ3v) is 4.11. The third-order valence-electron chi connectivity index (χ3n) is 3.02. The number of nitrogens with zero attached hydrogens (tertiary/aromatic N) is 2. The Balaban J connectivity index is 2.23. The van der Waals surface area contributed by atoms with Crippen LogP contribution in [-0.2, 0) is 0 Å². The number of aromatic nitrogens is 2. The standard InChI is InChI=1S/C14H12N2O2S/c1-8-3-5-10(6-4-8)16-13-11(9(2)15-16)7-12(19-13)14(17)18/h3-7H,1-2H3,(H,17,18)/p-1. The maximum absolute atomic E-state index is 10.9. The Kier molecular flexibility index (Phi) is 2.64. The van der Waals surface area contributed by atoms with Gasteiger partial charge in [-0.15, -0.1) is 11.3 Å². The van der Waals surface area contributed by atoms with Crippen molar-refractivity contribution in [3.63, 3.8) is 0 Å². The third kappa shape index (κ3) is 1.92. The predicted octanol–water partition coefficient (Wildman–Crippen LogP) is 2.07. The van der Waals surface area contributed by atoms with Gasteiger partial charge in [-0.2, -0.15) is 5.10 Å². The predicted molar refractivity (Wildman–Crippen MR) is 72.8 cm³/mol. The van der Waals surface area contributed by atoms with Crippen molar-refractivity contribution in [2.75, 3.05) is 0 Å². The molecule has 0 saturated carbocycles. The largest absolute Gasteiger partial charge is 0.544 e. The van der Waals surface area contributed by atoms with Gasteiger partial charge in [0.1, 0.15) is 4.83 Å². The zero-order chi connectivity index (χ0) is 13.6. The number of aryl methyl sites for hydroxylation is 2. The molecule has 96 valence electrons. The highest BCUT2D eigenvalue weighted by atomic mass is 32.1. The van der Waals surface area contributed by atoms with Crippen LogP contribution < -0.4 is 5.11 Å². The van der Waals surface area contributed by atoms with E-state index in [1.165, 1.54) is 16.9 Å². The van der Waals surface area contributed by atoms with E-state index in [-0.39, 0.29) is 4.88 Å². The molecule has 0 aliphatic rings. The maximum Gasteiger partial charge on any atom is 0.128 e. The molecule has 0 N–H and O–H groups in total. The molecule has 0 bridgehead atoms. The minimum Gasteiger partial charge on any atom is -0.544 e. The molecule has 0 aliphatic carbocycles. The normalized spacial score (nSPS) is 11.1. The van der Waals surface area contributed by atoms with Crippen LogP contribution >= 0.6 is 11.3 Å². The topological polar surface area (TPSA) is 58.0 Å². The fraction of sp³-hybridized carbons (Fsp3) is 0.143. The first-order valence-corrected chi connectivity index (χ1v) is 6.65. The summed E-state index contributed by atoms with van der Waals surface area (Å²) in [6.45, 7) is 3.89. The first-order valence-electron chi connectivity index (χ1n) is 5.84. The van der Waals surface area contributed by atoms with Crippen LogP contribution in [0.3, 0.4) is 0 Å². The van der Waals surface area contributed by atoms with Crippen LogP contribution in [0, 0.1) is 13.8 Å². The van der Waals surface area contributed by atoms with Gasteiger partial charge in [0.05, 0.1) is 22.2 Å². The van der Waals surface area contributed by atoms with E-state index < -0.39 is 5.97 Å². The second-order valence-corrected chi connectivity index (χ2v) is 5.48. The van der Waals surface area contributed by atoms with Gasteiger partial charge in [0, 0.05) is 5.39 Å². The molecule has 2 aromatic heterocycles. The number of hydrogen-bond donors (Lipinski definition) is 0. The zero-order valence-corrected chi connectivity index (χ0v) is 11.3. The molecule has 0 radical (unpaired) electrons. The van der Waals surface area contributed by atoms with E-state index in [4.69, 9.17) is 0 Å².